The molecule has 0 radical (unpaired) electrons. The number of amides is 1. The van der Waals surface area contributed by atoms with Gasteiger partial charge in [0.05, 0.1) is 13.2 Å². The predicted octanol–water partition coefficient (Wildman–Crippen LogP) is 3.27. The molecule has 23 heavy (non-hydrogen) atoms. The Morgan fingerprint density at radius 3 is 2.61 bits per heavy atom. The maximum absolute atomic E-state index is 12.3. The number of aryl methyl sites for hydroxylation is 1. The molecule has 0 unspecified atom stereocenters. The van der Waals surface area contributed by atoms with E-state index in [1.807, 2.05) is 36.1 Å². The fraction of sp³-hybridized carbons (Fsp3) is 0.500. The number of carbonyl (C=O) groups is 1. The molecule has 2 aliphatic heterocycles. The van der Waals surface area contributed by atoms with Crippen LogP contribution in [0.5, 0.6) is 0 Å². The Kier molecular flexibility index (Phi) is 5.36. The number of hydrogen-bond donors (Lipinski definition) is 0. The quantitative estimate of drug-likeness (QED) is 0.796. The van der Waals surface area contributed by atoms with Gasteiger partial charge in [-0.25, -0.2) is 0 Å². The summed E-state index contributed by atoms with van der Waals surface area (Å²) in [4.78, 5) is 14.2. The molecule has 0 aromatic heterocycles. The second-order valence-electron chi connectivity index (χ2n) is 6.11. The minimum atomic E-state index is -0.0718. The molecule has 2 saturated heterocycles. The third-order valence-corrected chi connectivity index (χ3v) is 4.91. The average molecular weight is 336 g/mol. The highest BCUT2D eigenvalue weighted by Gasteiger charge is 2.31. The summed E-state index contributed by atoms with van der Waals surface area (Å²) in [7, 11) is 0. The van der Waals surface area contributed by atoms with Crippen molar-refractivity contribution in [3.05, 3.63) is 40.4 Å². The molecular formula is C18H22ClNO3. The van der Waals surface area contributed by atoms with E-state index in [9.17, 15) is 4.79 Å². The summed E-state index contributed by atoms with van der Waals surface area (Å²) in [6.45, 7) is 4.84. The van der Waals surface area contributed by atoms with Crippen LogP contribution in [0.1, 0.15) is 24.0 Å². The lowest BCUT2D eigenvalue weighted by Gasteiger charge is -2.33. The Balaban J connectivity index is 1.52. The Bertz CT molecular complexity index is 588. The lowest BCUT2D eigenvalue weighted by Crippen LogP contribution is -2.40. The van der Waals surface area contributed by atoms with Crippen LogP contribution in [-0.4, -0.2) is 43.4 Å². The number of nitrogens with zero attached hydrogens (tertiary/aromatic N) is 1. The van der Waals surface area contributed by atoms with E-state index in [1.54, 1.807) is 6.08 Å². The van der Waals surface area contributed by atoms with Crippen molar-refractivity contribution in [1.82, 2.24) is 4.90 Å². The third kappa shape index (κ3) is 4.14. The number of halogens is 1. The summed E-state index contributed by atoms with van der Waals surface area (Å²) in [6, 6.07) is 5.80. The Morgan fingerprint density at radius 2 is 1.96 bits per heavy atom. The van der Waals surface area contributed by atoms with Gasteiger partial charge in [0, 0.05) is 30.1 Å². The van der Waals surface area contributed by atoms with Crippen LogP contribution >= 0.6 is 11.6 Å². The fourth-order valence-electron chi connectivity index (χ4n) is 3.03. The van der Waals surface area contributed by atoms with Crippen molar-refractivity contribution >= 4 is 23.6 Å². The largest absolute Gasteiger partial charge is 0.350 e. The van der Waals surface area contributed by atoms with Gasteiger partial charge in [-0.2, -0.15) is 0 Å². The van der Waals surface area contributed by atoms with Crippen LogP contribution in [0.15, 0.2) is 24.3 Å². The van der Waals surface area contributed by atoms with E-state index in [1.165, 1.54) is 0 Å². The molecule has 5 heteroatoms. The maximum Gasteiger partial charge on any atom is 0.246 e. The first-order chi connectivity index (χ1) is 11.1. The number of benzene rings is 1. The van der Waals surface area contributed by atoms with Gasteiger partial charge in [0.25, 0.3) is 0 Å². The Morgan fingerprint density at radius 1 is 1.26 bits per heavy atom. The highest BCUT2D eigenvalue weighted by atomic mass is 35.5. The van der Waals surface area contributed by atoms with Crippen LogP contribution in [-0.2, 0) is 14.3 Å². The number of rotatable bonds is 3. The summed E-state index contributed by atoms with van der Waals surface area (Å²) >= 11 is 6.10. The summed E-state index contributed by atoms with van der Waals surface area (Å²) in [6.07, 6.45) is 5.24. The van der Waals surface area contributed by atoms with Crippen molar-refractivity contribution in [3.63, 3.8) is 0 Å². The molecule has 2 fully saturated rings. The monoisotopic (exact) mass is 335 g/mol. The summed E-state index contributed by atoms with van der Waals surface area (Å²) in [5.41, 5.74) is 1.98. The molecule has 0 aliphatic carbocycles. The zero-order valence-electron chi connectivity index (χ0n) is 13.3. The SMILES string of the molecule is Cc1ccc(/C=C/C(=O)N2CCC(C3OCCO3)CC2)cc1Cl. The highest BCUT2D eigenvalue weighted by molar-refractivity contribution is 6.31. The normalized spacial score (nSPS) is 20.5. The van der Waals surface area contributed by atoms with Crippen molar-refractivity contribution in [1.29, 1.82) is 0 Å². The van der Waals surface area contributed by atoms with E-state index in [0.29, 0.717) is 19.1 Å². The van der Waals surface area contributed by atoms with Gasteiger partial charge in [-0.3, -0.25) is 4.79 Å². The maximum atomic E-state index is 12.3. The number of likely N-dealkylation sites (tertiary alicyclic amines) is 1. The van der Waals surface area contributed by atoms with Gasteiger partial charge in [0.2, 0.25) is 5.91 Å². The van der Waals surface area contributed by atoms with E-state index in [4.69, 9.17) is 21.1 Å². The number of piperidine rings is 1. The number of carbonyl (C=O) groups excluding carboxylic acids is 1. The zero-order valence-corrected chi connectivity index (χ0v) is 14.1. The Hall–Kier alpha value is -1.36. The molecule has 0 bridgehead atoms. The van der Waals surface area contributed by atoms with Crippen LogP contribution < -0.4 is 0 Å². The molecule has 2 heterocycles. The molecular weight excluding hydrogens is 314 g/mol. The van der Waals surface area contributed by atoms with Crippen LogP contribution in [0.3, 0.4) is 0 Å². The lowest BCUT2D eigenvalue weighted by molar-refractivity contribution is -0.131. The lowest BCUT2D eigenvalue weighted by atomic mass is 9.96. The van der Waals surface area contributed by atoms with Gasteiger partial charge in [0.15, 0.2) is 6.29 Å². The van der Waals surface area contributed by atoms with Crippen molar-refractivity contribution in [2.75, 3.05) is 26.3 Å². The molecule has 124 valence electrons. The minimum Gasteiger partial charge on any atom is -0.350 e. The van der Waals surface area contributed by atoms with E-state index >= 15 is 0 Å². The first-order valence-corrected chi connectivity index (χ1v) is 8.47. The minimum absolute atomic E-state index is 0.0495. The van der Waals surface area contributed by atoms with Gasteiger partial charge in [-0.15, -0.1) is 0 Å². The zero-order chi connectivity index (χ0) is 16.2. The average Bonchev–Trinajstić information content (AvgIpc) is 3.10. The number of ether oxygens (including phenoxy) is 2. The topological polar surface area (TPSA) is 38.8 Å². The first-order valence-electron chi connectivity index (χ1n) is 8.10. The van der Waals surface area contributed by atoms with Crippen molar-refractivity contribution in [3.8, 4) is 0 Å². The molecule has 1 aromatic rings. The van der Waals surface area contributed by atoms with E-state index in [-0.39, 0.29) is 12.2 Å². The predicted molar refractivity (Wildman–Crippen MR) is 90.2 cm³/mol. The molecule has 0 atom stereocenters. The van der Waals surface area contributed by atoms with Crippen LogP contribution in [0.2, 0.25) is 5.02 Å². The summed E-state index contributed by atoms with van der Waals surface area (Å²) in [5.74, 6) is 0.454. The van der Waals surface area contributed by atoms with Gasteiger partial charge >= 0.3 is 0 Å². The molecule has 0 spiro atoms. The van der Waals surface area contributed by atoms with Crippen molar-refractivity contribution < 1.29 is 14.3 Å². The van der Waals surface area contributed by atoms with Crippen LogP contribution in [0.4, 0.5) is 0 Å². The second-order valence-corrected chi connectivity index (χ2v) is 6.52. The van der Waals surface area contributed by atoms with Crippen molar-refractivity contribution in [2.24, 2.45) is 5.92 Å². The second kappa shape index (κ2) is 7.47. The van der Waals surface area contributed by atoms with Gasteiger partial charge in [-0.05, 0) is 43.0 Å². The third-order valence-electron chi connectivity index (χ3n) is 4.50. The van der Waals surface area contributed by atoms with Gasteiger partial charge in [-0.1, -0.05) is 23.7 Å². The summed E-state index contributed by atoms with van der Waals surface area (Å²) in [5, 5.41) is 0.719. The molecule has 3 rings (SSSR count). The standard InChI is InChI=1S/C18H22ClNO3/c1-13-2-3-14(12-16(13)19)4-5-17(21)20-8-6-15(7-9-20)18-22-10-11-23-18/h2-5,12,15,18H,6-11H2,1H3/b5-4+. The van der Waals surface area contributed by atoms with Crippen LogP contribution in [0.25, 0.3) is 6.08 Å². The summed E-state index contributed by atoms with van der Waals surface area (Å²) < 4.78 is 11.1. The molecule has 2 aliphatic rings. The highest BCUT2D eigenvalue weighted by Crippen LogP contribution is 2.26. The van der Waals surface area contributed by atoms with E-state index < -0.39 is 0 Å². The van der Waals surface area contributed by atoms with Gasteiger partial charge < -0.3 is 14.4 Å². The van der Waals surface area contributed by atoms with E-state index in [0.717, 1.165) is 42.1 Å². The molecule has 4 nitrogen and oxygen atoms in total. The molecule has 0 N–H and O–H groups in total. The van der Waals surface area contributed by atoms with Crippen LogP contribution in [0, 0.1) is 12.8 Å². The first kappa shape index (κ1) is 16.5. The smallest absolute Gasteiger partial charge is 0.246 e. The van der Waals surface area contributed by atoms with E-state index in [2.05, 4.69) is 0 Å². The molecule has 1 amide bonds. The molecule has 0 saturated carbocycles. The van der Waals surface area contributed by atoms with Gasteiger partial charge in [0.1, 0.15) is 0 Å². The molecule has 1 aromatic carbocycles. The Labute approximate surface area is 142 Å². The fourth-order valence-corrected chi connectivity index (χ4v) is 3.22. The number of hydrogen-bond acceptors (Lipinski definition) is 3. The van der Waals surface area contributed by atoms with Crippen molar-refractivity contribution in [2.45, 2.75) is 26.1 Å².